The van der Waals surface area contributed by atoms with Crippen molar-refractivity contribution in [2.45, 2.75) is 32.4 Å². The zero-order valence-electron chi connectivity index (χ0n) is 12.9. The number of nitrogens with zero attached hydrogens (tertiary/aromatic N) is 1. The van der Waals surface area contributed by atoms with E-state index in [1.54, 1.807) is 7.11 Å². The number of hydrogen-bond acceptors (Lipinski definition) is 6. The Labute approximate surface area is 121 Å². The minimum atomic E-state index is -3.08. The number of ether oxygens (including phenoxy) is 2. The van der Waals surface area contributed by atoms with Crippen LogP contribution in [-0.4, -0.2) is 70.4 Å². The minimum absolute atomic E-state index is 0.0613. The standard InChI is InChI=1S/C7H16N2O3S.C5H10O2/c1-12-6-7-5-8-3-4-9(7)13(2,10)11;1-5(2,3)7-4-6/h7-8H,3-6H2,1-2H3;4H,1-3H3. The van der Waals surface area contributed by atoms with E-state index in [-0.39, 0.29) is 11.6 Å². The molecule has 1 saturated heterocycles. The third kappa shape index (κ3) is 8.47. The lowest BCUT2D eigenvalue weighted by Gasteiger charge is -2.33. The number of hydrogen-bond donors (Lipinski definition) is 1. The van der Waals surface area contributed by atoms with E-state index in [0.29, 0.717) is 32.7 Å². The predicted octanol–water partition coefficient (Wildman–Crippen LogP) is -0.176. The molecule has 8 heteroatoms. The van der Waals surface area contributed by atoms with Crippen LogP contribution >= 0.6 is 0 Å². The summed E-state index contributed by atoms with van der Waals surface area (Å²) in [6.07, 6.45) is 1.24. The summed E-state index contributed by atoms with van der Waals surface area (Å²) >= 11 is 0. The molecule has 0 radical (unpaired) electrons. The maximum Gasteiger partial charge on any atom is 0.293 e. The molecule has 0 bridgehead atoms. The molecule has 1 aliphatic heterocycles. The number of nitrogens with one attached hydrogen (secondary N) is 1. The summed E-state index contributed by atoms with van der Waals surface area (Å²) in [5.74, 6) is 0. The molecule has 1 atom stereocenters. The normalized spacial score (nSPS) is 20.8. The smallest absolute Gasteiger partial charge is 0.293 e. The van der Waals surface area contributed by atoms with E-state index in [1.165, 1.54) is 10.6 Å². The quantitative estimate of drug-likeness (QED) is 0.725. The van der Waals surface area contributed by atoms with Crippen LogP contribution in [0.25, 0.3) is 0 Å². The van der Waals surface area contributed by atoms with Gasteiger partial charge in [0.05, 0.1) is 18.9 Å². The van der Waals surface area contributed by atoms with E-state index < -0.39 is 10.0 Å². The summed E-state index contributed by atoms with van der Waals surface area (Å²) in [4.78, 5) is 9.60. The van der Waals surface area contributed by atoms with Gasteiger partial charge in [0.15, 0.2) is 0 Å². The van der Waals surface area contributed by atoms with Crippen LogP contribution in [0.2, 0.25) is 0 Å². The Morgan fingerprint density at radius 2 is 2.00 bits per heavy atom. The highest BCUT2D eigenvalue weighted by molar-refractivity contribution is 7.88. The molecule has 1 rings (SSSR count). The van der Waals surface area contributed by atoms with Gasteiger partial charge in [0.25, 0.3) is 6.47 Å². The molecule has 7 nitrogen and oxygen atoms in total. The maximum atomic E-state index is 11.3. The van der Waals surface area contributed by atoms with Gasteiger partial charge in [-0.2, -0.15) is 4.31 Å². The molecule has 0 saturated carbocycles. The predicted molar refractivity (Wildman–Crippen MR) is 77.0 cm³/mol. The largest absolute Gasteiger partial charge is 0.462 e. The fraction of sp³-hybridized carbons (Fsp3) is 0.917. The molecule has 120 valence electrons. The summed E-state index contributed by atoms with van der Waals surface area (Å²) in [5.41, 5.74) is -0.318. The third-order valence-electron chi connectivity index (χ3n) is 2.48. The topological polar surface area (TPSA) is 84.9 Å². The lowest BCUT2D eigenvalue weighted by Crippen LogP contribution is -2.54. The first-order chi connectivity index (χ1) is 9.11. The van der Waals surface area contributed by atoms with Crippen molar-refractivity contribution in [3.63, 3.8) is 0 Å². The van der Waals surface area contributed by atoms with Gasteiger partial charge in [0.1, 0.15) is 5.60 Å². The van der Waals surface area contributed by atoms with Crippen molar-refractivity contribution in [2.24, 2.45) is 0 Å². The van der Waals surface area contributed by atoms with Crippen LogP contribution in [0, 0.1) is 0 Å². The zero-order chi connectivity index (χ0) is 15.8. The molecule has 0 aromatic carbocycles. The van der Waals surface area contributed by atoms with Gasteiger partial charge in [-0.3, -0.25) is 4.79 Å². The number of carbonyl (C=O) groups is 1. The molecule has 20 heavy (non-hydrogen) atoms. The second-order valence-corrected chi connectivity index (χ2v) is 7.45. The first-order valence-corrected chi connectivity index (χ1v) is 8.24. The second kappa shape index (κ2) is 8.56. The summed E-state index contributed by atoms with van der Waals surface area (Å²) in [6, 6.07) is -0.0613. The zero-order valence-corrected chi connectivity index (χ0v) is 13.7. The van der Waals surface area contributed by atoms with E-state index in [2.05, 4.69) is 10.1 Å². The molecule has 1 heterocycles. The molecule has 1 unspecified atom stereocenters. The molecular weight excluding hydrogens is 284 g/mol. The van der Waals surface area contributed by atoms with Crippen LogP contribution in [0.1, 0.15) is 20.8 Å². The molecule has 0 aliphatic carbocycles. The van der Waals surface area contributed by atoms with Crippen molar-refractivity contribution in [2.75, 3.05) is 39.6 Å². The van der Waals surface area contributed by atoms with Gasteiger partial charge >= 0.3 is 0 Å². The lowest BCUT2D eigenvalue weighted by atomic mass is 10.2. The van der Waals surface area contributed by atoms with Gasteiger partial charge in [-0.25, -0.2) is 8.42 Å². The van der Waals surface area contributed by atoms with Crippen LogP contribution in [0.4, 0.5) is 0 Å². The van der Waals surface area contributed by atoms with Crippen LogP contribution in [-0.2, 0) is 24.3 Å². The number of piperazine rings is 1. The molecule has 0 aromatic heterocycles. The highest BCUT2D eigenvalue weighted by Gasteiger charge is 2.28. The summed E-state index contributed by atoms with van der Waals surface area (Å²) in [6.45, 7) is 8.28. The lowest BCUT2D eigenvalue weighted by molar-refractivity contribution is -0.138. The van der Waals surface area contributed by atoms with Crippen molar-refractivity contribution in [3.05, 3.63) is 0 Å². The van der Waals surface area contributed by atoms with Gasteiger partial charge < -0.3 is 14.8 Å². The molecule has 1 aliphatic rings. The van der Waals surface area contributed by atoms with Gasteiger partial charge in [-0.1, -0.05) is 0 Å². The number of carbonyl (C=O) groups excluding carboxylic acids is 1. The van der Waals surface area contributed by atoms with Gasteiger partial charge in [0, 0.05) is 26.7 Å². The highest BCUT2D eigenvalue weighted by Crippen LogP contribution is 2.08. The van der Waals surface area contributed by atoms with Crippen LogP contribution in [0.15, 0.2) is 0 Å². The van der Waals surface area contributed by atoms with Crippen molar-refractivity contribution in [1.82, 2.24) is 9.62 Å². The Morgan fingerprint density at radius 3 is 2.35 bits per heavy atom. The van der Waals surface area contributed by atoms with E-state index in [1.807, 2.05) is 20.8 Å². The number of rotatable bonds is 4. The minimum Gasteiger partial charge on any atom is -0.462 e. The third-order valence-corrected chi connectivity index (χ3v) is 3.82. The average molecular weight is 310 g/mol. The van der Waals surface area contributed by atoms with Crippen molar-refractivity contribution in [1.29, 1.82) is 0 Å². The highest BCUT2D eigenvalue weighted by atomic mass is 32.2. The Kier molecular flexibility index (Phi) is 8.26. The fourth-order valence-corrected chi connectivity index (χ4v) is 2.76. The monoisotopic (exact) mass is 310 g/mol. The molecule has 1 N–H and O–H groups in total. The summed E-state index contributed by atoms with van der Waals surface area (Å²) in [5, 5.41) is 3.14. The first-order valence-electron chi connectivity index (χ1n) is 6.39. The van der Waals surface area contributed by atoms with E-state index in [4.69, 9.17) is 4.74 Å². The van der Waals surface area contributed by atoms with Gasteiger partial charge in [0.2, 0.25) is 10.0 Å². The van der Waals surface area contributed by atoms with Gasteiger partial charge in [-0.15, -0.1) is 0 Å². The first kappa shape index (κ1) is 19.3. The molecule has 0 aromatic rings. The maximum absolute atomic E-state index is 11.3. The molecule has 0 spiro atoms. The SMILES string of the molecule is CC(C)(C)OC=O.COCC1CNCCN1S(C)(=O)=O. The van der Waals surface area contributed by atoms with Crippen LogP contribution in [0.5, 0.6) is 0 Å². The molecule has 1 fully saturated rings. The summed E-state index contributed by atoms with van der Waals surface area (Å²) in [7, 11) is -1.51. The van der Waals surface area contributed by atoms with E-state index in [0.717, 1.165) is 0 Å². The fourth-order valence-electron chi connectivity index (χ4n) is 1.66. The second-order valence-electron chi connectivity index (χ2n) is 5.51. The Bertz CT molecular complexity index is 376. The van der Waals surface area contributed by atoms with Gasteiger partial charge in [-0.05, 0) is 20.8 Å². The van der Waals surface area contributed by atoms with Crippen molar-refractivity contribution in [3.8, 4) is 0 Å². The molecule has 0 amide bonds. The number of methoxy groups -OCH3 is 1. The van der Waals surface area contributed by atoms with Crippen molar-refractivity contribution < 1.29 is 22.7 Å². The van der Waals surface area contributed by atoms with Crippen molar-refractivity contribution >= 4 is 16.5 Å². The Morgan fingerprint density at radius 1 is 1.40 bits per heavy atom. The van der Waals surface area contributed by atoms with E-state index in [9.17, 15) is 13.2 Å². The Balaban J connectivity index is 0.000000441. The number of sulfonamides is 1. The van der Waals surface area contributed by atoms with E-state index >= 15 is 0 Å². The Hall–Kier alpha value is -0.700. The molecular formula is C12H26N2O5S. The van der Waals surface area contributed by atoms with Crippen LogP contribution < -0.4 is 5.32 Å². The average Bonchev–Trinajstić information content (AvgIpc) is 2.28. The van der Waals surface area contributed by atoms with Crippen LogP contribution in [0.3, 0.4) is 0 Å². The summed E-state index contributed by atoms with van der Waals surface area (Å²) < 4.78 is 33.6.